The Balaban J connectivity index is 1.64. The number of fused-ring (bicyclic) bond motifs is 2. The van der Waals surface area contributed by atoms with Crippen molar-refractivity contribution in [2.75, 3.05) is 5.75 Å². The first-order valence-corrected chi connectivity index (χ1v) is 12.3. The number of nitrogens with one attached hydrogen (secondary N) is 1. The number of hydrogen-bond donors (Lipinski definition) is 3. The van der Waals surface area contributed by atoms with Gasteiger partial charge in [-0.05, 0) is 41.7 Å². The zero-order valence-corrected chi connectivity index (χ0v) is 18.5. The van der Waals surface area contributed by atoms with Crippen LogP contribution < -0.4 is 10.5 Å². The molecule has 5 atom stereocenters. The van der Waals surface area contributed by atoms with Crippen LogP contribution in [0.15, 0.2) is 60.7 Å². The summed E-state index contributed by atoms with van der Waals surface area (Å²) in [5.74, 6) is 0.300. The Kier molecular flexibility index (Phi) is 5.56. The Morgan fingerprint density at radius 1 is 1.07 bits per heavy atom. The molecule has 2 aliphatic carbocycles. The minimum atomic E-state index is -3.70. The number of aliphatic hydroxyl groups excluding tert-OH is 1. The predicted molar refractivity (Wildman–Crippen MR) is 119 cm³/mol. The van der Waals surface area contributed by atoms with Crippen molar-refractivity contribution in [2.45, 2.75) is 51.3 Å². The maximum absolute atomic E-state index is 13.4. The highest BCUT2D eigenvalue weighted by Gasteiger charge is 2.65. The molecular formula is C24H32N2O3S. The van der Waals surface area contributed by atoms with Gasteiger partial charge in [0.2, 0.25) is 10.0 Å². The van der Waals surface area contributed by atoms with E-state index in [0.29, 0.717) is 12.3 Å². The maximum Gasteiger partial charge on any atom is 0.212 e. The summed E-state index contributed by atoms with van der Waals surface area (Å²) in [7, 11) is -3.70. The largest absolute Gasteiger partial charge is 0.392 e. The summed E-state index contributed by atoms with van der Waals surface area (Å²) in [5.41, 5.74) is 7.45. The Hall–Kier alpha value is -1.73. The first kappa shape index (κ1) is 21.5. The van der Waals surface area contributed by atoms with Crippen molar-refractivity contribution in [3.05, 3.63) is 71.8 Å². The van der Waals surface area contributed by atoms with Crippen LogP contribution in [-0.4, -0.2) is 25.4 Å². The third-order valence-corrected chi connectivity index (χ3v) is 9.35. The lowest BCUT2D eigenvalue weighted by Gasteiger charge is -2.40. The van der Waals surface area contributed by atoms with Gasteiger partial charge < -0.3 is 10.8 Å². The number of nitrogens with two attached hydrogens (primary N) is 1. The number of benzene rings is 2. The second-order valence-electron chi connectivity index (χ2n) is 9.57. The van der Waals surface area contributed by atoms with Crippen LogP contribution in [0.25, 0.3) is 0 Å². The molecule has 2 saturated carbocycles. The van der Waals surface area contributed by atoms with Gasteiger partial charge >= 0.3 is 0 Å². The fraction of sp³-hybridized carbons (Fsp3) is 0.500. The van der Waals surface area contributed by atoms with Gasteiger partial charge in [0.25, 0.3) is 0 Å². The van der Waals surface area contributed by atoms with Gasteiger partial charge in [0, 0.05) is 5.41 Å². The van der Waals surface area contributed by atoms with E-state index in [0.717, 1.165) is 24.0 Å². The fourth-order valence-electron chi connectivity index (χ4n) is 5.83. The van der Waals surface area contributed by atoms with E-state index in [-0.39, 0.29) is 11.2 Å². The van der Waals surface area contributed by atoms with Crippen molar-refractivity contribution < 1.29 is 13.5 Å². The smallest absolute Gasteiger partial charge is 0.212 e. The summed E-state index contributed by atoms with van der Waals surface area (Å²) in [5, 5.41) is 10.8. The van der Waals surface area contributed by atoms with E-state index in [2.05, 4.69) is 18.6 Å². The average Bonchev–Trinajstić information content (AvgIpc) is 3.07. The van der Waals surface area contributed by atoms with Crippen molar-refractivity contribution in [1.82, 2.24) is 4.72 Å². The van der Waals surface area contributed by atoms with E-state index >= 15 is 0 Å². The lowest BCUT2D eigenvalue weighted by Crippen LogP contribution is -2.48. The summed E-state index contributed by atoms with van der Waals surface area (Å²) in [6, 6.07) is 17.9. The molecule has 2 fully saturated rings. The molecule has 4 N–H and O–H groups in total. The summed E-state index contributed by atoms with van der Waals surface area (Å²) in [4.78, 5) is 0. The third-order valence-electron chi connectivity index (χ3n) is 7.84. The van der Waals surface area contributed by atoms with Crippen LogP contribution >= 0.6 is 0 Å². The minimum absolute atomic E-state index is 0.0739. The van der Waals surface area contributed by atoms with Crippen LogP contribution in [0.3, 0.4) is 0 Å². The quantitative estimate of drug-likeness (QED) is 0.629. The lowest BCUT2D eigenvalue weighted by atomic mass is 9.70. The summed E-state index contributed by atoms with van der Waals surface area (Å²) < 4.78 is 29.8. The number of hydrogen-bond acceptors (Lipinski definition) is 4. The molecule has 4 rings (SSSR count). The zero-order valence-electron chi connectivity index (χ0n) is 17.7. The SMILES string of the molecule is CC1(C)C2CC[C@]1(CS(=O)(=O)N[C@H](c1ccccc1)[C@H](N)c1ccccc1)[C@@H](O)C2. The van der Waals surface area contributed by atoms with Gasteiger partial charge in [-0.25, -0.2) is 13.1 Å². The molecule has 30 heavy (non-hydrogen) atoms. The second-order valence-corrected chi connectivity index (χ2v) is 11.3. The van der Waals surface area contributed by atoms with E-state index < -0.39 is 33.6 Å². The van der Waals surface area contributed by atoms with Crippen LogP contribution in [0.5, 0.6) is 0 Å². The van der Waals surface area contributed by atoms with E-state index in [1.54, 1.807) is 0 Å². The van der Waals surface area contributed by atoms with Gasteiger partial charge in [-0.1, -0.05) is 74.5 Å². The van der Waals surface area contributed by atoms with Crippen LogP contribution in [0.1, 0.15) is 56.3 Å². The topological polar surface area (TPSA) is 92.4 Å². The van der Waals surface area contributed by atoms with Crippen LogP contribution in [0.4, 0.5) is 0 Å². The highest BCUT2D eigenvalue weighted by Crippen LogP contribution is 2.66. The molecule has 6 heteroatoms. The maximum atomic E-state index is 13.4. The Labute approximate surface area is 179 Å². The molecule has 1 unspecified atom stereocenters. The summed E-state index contributed by atoms with van der Waals surface area (Å²) in [6.45, 7) is 4.22. The van der Waals surface area contributed by atoms with Crippen molar-refractivity contribution >= 4 is 10.0 Å². The molecule has 0 aromatic heterocycles. The molecular weight excluding hydrogens is 396 g/mol. The molecule has 2 bridgehead atoms. The van der Waals surface area contributed by atoms with Crippen LogP contribution in [-0.2, 0) is 10.0 Å². The molecule has 2 aromatic rings. The fourth-order valence-corrected chi connectivity index (χ4v) is 7.97. The first-order chi connectivity index (χ1) is 14.2. The normalized spacial score (nSPS) is 29.6. The Morgan fingerprint density at radius 2 is 1.63 bits per heavy atom. The molecule has 5 nitrogen and oxygen atoms in total. The molecule has 0 aliphatic heterocycles. The van der Waals surface area contributed by atoms with E-state index in [1.807, 2.05) is 60.7 Å². The van der Waals surface area contributed by atoms with E-state index in [4.69, 9.17) is 5.73 Å². The third kappa shape index (κ3) is 3.60. The predicted octanol–water partition coefficient (Wildman–Crippen LogP) is 3.53. The van der Waals surface area contributed by atoms with Gasteiger partial charge in [0.15, 0.2) is 0 Å². The van der Waals surface area contributed by atoms with E-state index in [1.165, 1.54) is 0 Å². The van der Waals surface area contributed by atoms with E-state index in [9.17, 15) is 13.5 Å². The van der Waals surface area contributed by atoms with Crippen LogP contribution in [0, 0.1) is 16.7 Å². The van der Waals surface area contributed by atoms with Gasteiger partial charge in [0.1, 0.15) is 0 Å². The standard InChI is InChI=1S/C24H32N2O3S/c1-23(2)19-13-14-24(23,20(27)15-19)16-30(28,29)26-22(18-11-7-4-8-12-18)21(25)17-9-5-3-6-10-17/h3-12,19-22,26-27H,13-16,25H2,1-2H3/t19?,20-,21+,22+,24-/m0/s1. The lowest BCUT2D eigenvalue weighted by molar-refractivity contribution is 0.0151. The molecule has 0 heterocycles. The molecule has 0 radical (unpaired) electrons. The average molecular weight is 429 g/mol. The van der Waals surface area contributed by atoms with Crippen LogP contribution in [0.2, 0.25) is 0 Å². The van der Waals surface area contributed by atoms with Gasteiger partial charge in [-0.15, -0.1) is 0 Å². The zero-order chi connectivity index (χ0) is 21.6. The highest BCUT2D eigenvalue weighted by molar-refractivity contribution is 7.89. The molecule has 2 aliphatic rings. The van der Waals surface area contributed by atoms with Crippen molar-refractivity contribution in [2.24, 2.45) is 22.5 Å². The molecule has 0 spiro atoms. The van der Waals surface area contributed by atoms with Gasteiger partial charge in [-0.2, -0.15) is 0 Å². The van der Waals surface area contributed by atoms with Crippen molar-refractivity contribution in [1.29, 1.82) is 0 Å². The first-order valence-electron chi connectivity index (χ1n) is 10.7. The number of rotatable bonds is 7. The van der Waals surface area contributed by atoms with Gasteiger partial charge in [0.05, 0.1) is 23.9 Å². The number of aliphatic hydroxyl groups is 1. The van der Waals surface area contributed by atoms with Crippen molar-refractivity contribution in [3.63, 3.8) is 0 Å². The Morgan fingerprint density at radius 3 is 2.13 bits per heavy atom. The monoisotopic (exact) mass is 428 g/mol. The Bertz CT molecular complexity index is 978. The molecule has 162 valence electrons. The molecule has 0 saturated heterocycles. The minimum Gasteiger partial charge on any atom is -0.392 e. The summed E-state index contributed by atoms with van der Waals surface area (Å²) >= 11 is 0. The molecule has 2 aromatic carbocycles. The molecule has 0 amide bonds. The summed E-state index contributed by atoms with van der Waals surface area (Å²) in [6.07, 6.45) is 1.83. The second kappa shape index (κ2) is 7.75. The van der Waals surface area contributed by atoms with Gasteiger partial charge in [-0.3, -0.25) is 0 Å². The highest BCUT2D eigenvalue weighted by atomic mass is 32.2. The van der Waals surface area contributed by atoms with Crippen molar-refractivity contribution in [3.8, 4) is 0 Å². The number of sulfonamides is 1.